The van der Waals surface area contributed by atoms with E-state index in [1.807, 2.05) is 36.4 Å². The van der Waals surface area contributed by atoms with Gasteiger partial charge in [0.2, 0.25) is 0 Å². The fourth-order valence-corrected chi connectivity index (χ4v) is 3.33. The average Bonchev–Trinajstić information content (AvgIpc) is 3.21. The van der Waals surface area contributed by atoms with E-state index < -0.39 is 24.4 Å². The molecule has 1 aromatic heterocycles. The lowest BCUT2D eigenvalue weighted by Crippen LogP contribution is -2.34. The van der Waals surface area contributed by atoms with Crippen LogP contribution < -0.4 is 10.1 Å². The second-order valence-corrected chi connectivity index (χ2v) is 6.86. The molecule has 7 nitrogen and oxygen atoms in total. The largest absolute Gasteiger partial charge is 0.497 e. The first kappa shape index (κ1) is 20.2. The Kier molecular flexibility index (Phi) is 5.66. The van der Waals surface area contributed by atoms with Gasteiger partial charge in [-0.25, -0.2) is 0 Å². The van der Waals surface area contributed by atoms with Crippen LogP contribution in [0.1, 0.15) is 15.9 Å². The van der Waals surface area contributed by atoms with Crippen molar-refractivity contribution in [1.82, 2.24) is 5.32 Å². The number of ether oxygens (including phenoxy) is 2. The number of carbonyl (C=O) groups is 3. The quantitative estimate of drug-likeness (QED) is 0.482. The first-order chi connectivity index (χ1) is 15.0. The Hall–Kier alpha value is -4.13. The van der Waals surface area contributed by atoms with Gasteiger partial charge in [-0.05, 0) is 41.1 Å². The molecule has 1 N–H and O–H groups in total. The number of rotatable bonds is 6. The van der Waals surface area contributed by atoms with Gasteiger partial charge in [0, 0.05) is 16.5 Å². The third kappa shape index (κ3) is 4.40. The molecule has 0 saturated heterocycles. The maximum atomic E-state index is 12.3. The van der Waals surface area contributed by atoms with Gasteiger partial charge in [-0.3, -0.25) is 19.7 Å². The van der Waals surface area contributed by atoms with Crippen LogP contribution in [0.15, 0.2) is 71.3 Å². The number of imide groups is 1. The summed E-state index contributed by atoms with van der Waals surface area (Å²) in [6.45, 7) is -0.558. The van der Waals surface area contributed by atoms with Crippen molar-refractivity contribution in [3.63, 3.8) is 0 Å². The molecule has 0 bridgehead atoms. The number of amides is 2. The summed E-state index contributed by atoms with van der Waals surface area (Å²) in [4.78, 5) is 36.4. The molecule has 156 valence electrons. The number of nitrogens with one attached hydrogen (secondary N) is 1. The van der Waals surface area contributed by atoms with Crippen molar-refractivity contribution in [1.29, 1.82) is 0 Å². The molecule has 7 heteroatoms. The minimum Gasteiger partial charge on any atom is -0.497 e. The van der Waals surface area contributed by atoms with Gasteiger partial charge in [-0.15, -0.1) is 0 Å². The van der Waals surface area contributed by atoms with Gasteiger partial charge in [-0.2, -0.15) is 0 Å². The molecule has 3 aromatic carbocycles. The molecule has 0 atom stereocenters. The molecule has 31 heavy (non-hydrogen) atoms. The zero-order valence-electron chi connectivity index (χ0n) is 16.7. The van der Waals surface area contributed by atoms with Crippen molar-refractivity contribution < 1.29 is 28.3 Å². The summed E-state index contributed by atoms with van der Waals surface area (Å²) in [5.74, 6) is -1.30. The highest BCUT2D eigenvalue weighted by molar-refractivity contribution is 6.08. The molecule has 0 saturated carbocycles. The number of esters is 1. The number of carbonyl (C=O) groups excluding carboxylic acids is 3. The number of methoxy groups -OCH3 is 1. The van der Waals surface area contributed by atoms with E-state index in [4.69, 9.17) is 13.9 Å². The Bertz CT molecular complexity index is 1270. The van der Waals surface area contributed by atoms with Gasteiger partial charge in [0.15, 0.2) is 6.61 Å². The van der Waals surface area contributed by atoms with E-state index in [0.717, 1.165) is 16.2 Å². The third-order valence-corrected chi connectivity index (χ3v) is 4.84. The standard InChI is InChI=1S/C24H19NO6/c1-29-18-9-6-16(7-10-18)24(28)25-21(26)14-31-22(27)12-17-13-30-20-11-8-15-4-2-3-5-19(15)23(17)20/h2-11,13H,12,14H2,1H3,(H,25,26,28). The molecule has 0 aliphatic carbocycles. The second kappa shape index (κ2) is 8.71. The van der Waals surface area contributed by atoms with E-state index in [0.29, 0.717) is 16.9 Å². The molecule has 0 fully saturated rings. The van der Waals surface area contributed by atoms with Crippen LogP contribution in [0.4, 0.5) is 0 Å². The van der Waals surface area contributed by atoms with E-state index >= 15 is 0 Å². The molecule has 4 aromatic rings. The van der Waals surface area contributed by atoms with Crippen molar-refractivity contribution in [3.8, 4) is 5.75 Å². The van der Waals surface area contributed by atoms with Gasteiger partial charge in [-0.1, -0.05) is 30.3 Å². The highest BCUT2D eigenvalue weighted by Crippen LogP contribution is 2.30. The summed E-state index contributed by atoms with van der Waals surface area (Å²) in [5, 5.41) is 5.03. The lowest BCUT2D eigenvalue weighted by Gasteiger charge is -2.07. The maximum Gasteiger partial charge on any atom is 0.310 e. The molecule has 2 amide bonds. The molecule has 0 unspecified atom stereocenters. The van der Waals surface area contributed by atoms with Crippen LogP contribution >= 0.6 is 0 Å². The molecule has 0 radical (unpaired) electrons. The first-order valence-corrected chi connectivity index (χ1v) is 9.57. The van der Waals surface area contributed by atoms with Gasteiger partial charge in [0.25, 0.3) is 11.8 Å². The lowest BCUT2D eigenvalue weighted by molar-refractivity contribution is -0.147. The summed E-state index contributed by atoms with van der Waals surface area (Å²) in [6, 6.07) is 17.9. The summed E-state index contributed by atoms with van der Waals surface area (Å²) in [7, 11) is 1.52. The summed E-state index contributed by atoms with van der Waals surface area (Å²) in [6.07, 6.45) is 1.46. The minimum atomic E-state index is -0.711. The predicted molar refractivity (Wildman–Crippen MR) is 114 cm³/mol. The summed E-state index contributed by atoms with van der Waals surface area (Å²) >= 11 is 0. The van der Waals surface area contributed by atoms with Crippen LogP contribution in [0.3, 0.4) is 0 Å². The van der Waals surface area contributed by atoms with E-state index in [1.165, 1.54) is 25.5 Å². The Morgan fingerprint density at radius 1 is 0.968 bits per heavy atom. The van der Waals surface area contributed by atoms with E-state index in [9.17, 15) is 14.4 Å². The van der Waals surface area contributed by atoms with E-state index in [-0.39, 0.29) is 12.0 Å². The second-order valence-electron chi connectivity index (χ2n) is 6.86. The van der Waals surface area contributed by atoms with Gasteiger partial charge in [0.05, 0.1) is 19.8 Å². The zero-order valence-corrected chi connectivity index (χ0v) is 16.7. The number of furan rings is 1. The fraction of sp³-hybridized carbons (Fsp3) is 0.125. The first-order valence-electron chi connectivity index (χ1n) is 9.57. The number of benzene rings is 3. The summed E-state index contributed by atoms with van der Waals surface area (Å²) in [5.41, 5.74) is 1.63. The third-order valence-electron chi connectivity index (χ3n) is 4.84. The monoisotopic (exact) mass is 417 g/mol. The van der Waals surface area contributed by atoms with Crippen molar-refractivity contribution in [3.05, 3.63) is 78.1 Å². The SMILES string of the molecule is COc1ccc(C(=O)NC(=O)COC(=O)Cc2coc3ccc4ccccc4c23)cc1. The van der Waals surface area contributed by atoms with E-state index in [1.54, 1.807) is 12.1 Å². The molecule has 0 aliphatic heterocycles. The van der Waals surface area contributed by atoms with Crippen LogP contribution in [0.5, 0.6) is 5.75 Å². The van der Waals surface area contributed by atoms with Crippen LogP contribution in [0.25, 0.3) is 21.7 Å². The van der Waals surface area contributed by atoms with Crippen molar-refractivity contribution in [2.45, 2.75) is 6.42 Å². The number of hydrogen-bond acceptors (Lipinski definition) is 6. The molecular formula is C24H19NO6. The molecule has 4 rings (SSSR count). The van der Waals surface area contributed by atoms with Crippen LogP contribution in [0, 0.1) is 0 Å². The van der Waals surface area contributed by atoms with Gasteiger partial charge < -0.3 is 13.9 Å². The fourth-order valence-electron chi connectivity index (χ4n) is 3.33. The summed E-state index contributed by atoms with van der Waals surface area (Å²) < 4.78 is 15.6. The van der Waals surface area contributed by atoms with Crippen LogP contribution in [0.2, 0.25) is 0 Å². The van der Waals surface area contributed by atoms with Crippen molar-refractivity contribution in [2.24, 2.45) is 0 Å². The minimum absolute atomic E-state index is 0.0548. The van der Waals surface area contributed by atoms with Crippen LogP contribution in [-0.4, -0.2) is 31.5 Å². The number of fused-ring (bicyclic) bond motifs is 3. The normalized spacial score (nSPS) is 10.7. The highest BCUT2D eigenvalue weighted by Gasteiger charge is 2.16. The predicted octanol–water partition coefficient (Wildman–Crippen LogP) is 3.64. The Morgan fingerprint density at radius 2 is 1.74 bits per heavy atom. The molecule has 0 spiro atoms. The molecule has 0 aliphatic rings. The lowest BCUT2D eigenvalue weighted by atomic mass is 10.0. The molecule has 1 heterocycles. The average molecular weight is 417 g/mol. The molecular weight excluding hydrogens is 398 g/mol. The topological polar surface area (TPSA) is 94.8 Å². The maximum absolute atomic E-state index is 12.3. The zero-order chi connectivity index (χ0) is 21.8. The Balaban J connectivity index is 1.36. The Labute approximate surface area is 177 Å². The van der Waals surface area contributed by atoms with Gasteiger partial charge in [0.1, 0.15) is 11.3 Å². The number of hydrogen-bond donors (Lipinski definition) is 1. The van der Waals surface area contributed by atoms with Gasteiger partial charge >= 0.3 is 5.97 Å². The Morgan fingerprint density at radius 3 is 2.52 bits per heavy atom. The highest BCUT2D eigenvalue weighted by atomic mass is 16.5. The van der Waals surface area contributed by atoms with Crippen molar-refractivity contribution >= 4 is 39.5 Å². The van der Waals surface area contributed by atoms with Crippen molar-refractivity contribution in [2.75, 3.05) is 13.7 Å². The smallest absolute Gasteiger partial charge is 0.310 e. The van der Waals surface area contributed by atoms with Crippen LogP contribution in [-0.2, 0) is 20.7 Å². The van der Waals surface area contributed by atoms with E-state index in [2.05, 4.69) is 5.32 Å².